The van der Waals surface area contributed by atoms with Crippen LogP contribution in [0, 0.1) is 11.5 Å². The summed E-state index contributed by atoms with van der Waals surface area (Å²) in [6, 6.07) is 22.7. The van der Waals surface area contributed by atoms with Crippen LogP contribution in [0.2, 0.25) is 19.6 Å². The number of hydrogen-bond donors (Lipinski definition) is 2. The van der Waals surface area contributed by atoms with E-state index in [0.29, 0.717) is 5.69 Å². The van der Waals surface area contributed by atoms with Gasteiger partial charge in [0.1, 0.15) is 8.07 Å². The van der Waals surface area contributed by atoms with E-state index in [1.54, 1.807) is 0 Å². The first-order valence-electron chi connectivity index (χ1n) is 9.47. The molecule has 0 aliphatic heterocycles. The number of nitrogen functional groups attached to an aromatic ring is 2. The lowest BCUT2D eigenvalue weighted by Gasteiger charge is -2.17. The summed E-state index contributed by atoms with van der Waals surface area (Å²) in [5, 5.41) is 4.48. The summed E-state index contributed by atoms with van der Waals surface area (Å²) in [5.74, 6) is 3.37. The van der Waals surface area contributed by atoms with Crippen molar-refractivity contribution in [3.8, 4) is 22.6 Å². The Bertz CT molecular complexity index is 1270. The molecule has 0 fully saturated rings. The van der Waals surface area contributed by atoms with Gasteiger partial charge >= 0.3 is 0 Å². The maximum absolute atomic E-state index is 6.73. The molecule has 3 heteroatoms. The normalized spacial score (nSPS) is 11.4. The van der Waals surface area contributed by atoms with Crippen molar-refractivity contribution in [1.29, 1.82) is 0 Å². The summed E-state index contributed by atoms with van der Waals surface area (Å²) in [6.45, 7) is 6.71. The first kappa shape index (κ1) is 18.2. The van der Waals surface area contributed by atoms with Crippen molar-refractivity contribution >= 4 is 41.0 Å². The minimum atomic E-state index is -1.52. The smallest absolute Gasteiger partial charge is 0.129 e. The number of nitrogens with two attached hydrogens (primary N) is 2. The van der Waals surface area contributed by atoms with Gasteiger partial charge in [-0.25, -0.2) is 0 Å². The molecule has 0 unspecified atom stereocenters. The predicted octanol–water partition coefficient (Wildman–Crippen LogP) is 6.05. The summed E-state index contributed by atoms with van der Waals surface area (Å²) < 4.78 is 0. The maximum atomic E-state index is 6.73. The standard InChI is InChI=1S/C25H24N2Si/c1-28(2,3)15-14-19-16-18-9-5-7-11-21(18)24(25(19)27)23-20-10-6-4-8-17(20)12-13-22(23)26/h4-13,16H,26-27H2,1-3H3. The van der Waals surface area contributed by atoms with Crippen molar-refractivity contribution in [1.82, 2.24) is 0 Å². The molecule has 0 aromatic heterocycles. The van der Waals surface area contributed by atoms with Crippen LogP contribution in [0.5, 0.6) is 0 Å². The molecule has 0 spiro atoms. The second-order valence-electron chi connectivity index (χ2n) is 8.18. The molecule has 0 heterocycles. The third-order valence-electron chi connectivity index (χ3n) is 4.87. The van der Waals surface area contributed by atoms with Crippen molar-refractivity contribution < 1.29 is 0 Å². The molecule has 0 bridgehead atoms. The minimum absolute atomic E-state index is 0.701. The molecule has 0 aliphatic carbocycles. The molecule has 28 heavy (non-hydrogen) atoms. The largest absolute Gasteiger partial charge is 0.398 e. The third kappa shape index (κ3) is 3.24. The van der Waals surface area contributed by atoms with Crippen molar-refractivity contribution in [3.05, 3.63) is 72.3 Å². The number of anilines is 2. The van der Waals surface area contributed by atoms with E-state index in [0.717, 1.165) is 43.9 Å². The predicted molar refractivity (Wildman–Crippen MR) is 126 cm³/mol. The molecule has 0 radical (unpaired) electrons. The quantitative estimate of drug-likeness (QED) is 0.240. The van der Waals surface area contributed by atoms with E-state index in [2.05, 4.69) is 67.5 Å². The van der Waals surface area contributed by atoms with Crippen molar-refractivity contribution in [2.75, 3.05) is 11.5 Å². The first-order chi connectivity index (χ1) is 13.3. The number of hydrogen-bond acceptors (Lipinski definition) is 2. The fraction of sp³-hybridized carbons (Fsp3) is 0.120. The van der Waals surface area contributed by atoms with E-state index in [4.69, 9.17) is 11.5 Å². The topological polar surface area (TPSA) is 52.0 Å². The molecule has 138 valence electrons. The van der Waals surface area contributed by atoms with Crippen LogP contribution >= 0.6 is 0 Å². The molecular weight excluding hydrogens is 356 g/mol. The highest BCUT2D eigenvalue weighted by atomic mass is 28.3. The SMILES string of the molecule is C[Si](C)(C)C#Cc1cc2ccccc2c(-c2c(N)ccc3ccccc23)c1N. The van der Waals surface area contributed by atoms with Crippen LogP contribution in [0.25, 0.3) is 32.7 Å². The number of rotatable bonds is 1. The summed E-state index contributed by atoms with van der Waals surface area (Å²) in [5.41, 5.74) is 20.9. The van der Waals surface area contributed by atoms with Crippen LogP contribution in [0.15, 0.2) is 66.7 Å². The summed E-state index contributed by atoms with van der Waals surface area (Å²) >= 11 is 0. The molecule has 0 aliphatic rings. The van der Waals surface area contributed by atoms with Gasteiger partial charge in [0.2, 0.25) is 0 Å². The fourth-order valence-corrected chi connectivity index (χ4v) is 4.07. The highest BCUT2D eigenvalue weighted by molar-refractivity contribution is 6.83. The van der Waals surface area contributed by atoms with E-state index >= 15 is 0 Å². The van der Waals surface area contributed by atoms with Crippen LogP contribution in [-0.2, 0) is 0 Å². The van der Waals surface area contributed by atoms with Crippen LogP contribution in [0.1, 0.15) is 5.56 Å². The van der Waals surface area contributed by atoms with Crippen LogP contribution in [0.3, 0.4) is 0 Å². The third-order valence-corrected chi connectivity index (χ3v) is 5.75. The Balaban J connectivity index is 2.14. The van der Waals surface area contributed by atoms with Crippen molar-refractivity contribution in [3.63, 3.8) is 0 Å². The van der Waals surface area contributed by atoms with Gasteiger partial charge in [-0.2, -0.15) is 0 Å². The Morgan fingerprint density at radius 3 is 2.00 bits per heavy atom. The molecule has 4 aromatic rings. The zero-order chi connectivity index (χ0) is 19.9. The zero-order valence-corrected chi connectivity index (χ0v) is 17.5. The van der Waals surface area contributed by atoms with E-state index < -0.39 is 8.07 Å². The lowest BCUT2D eigenvalue weighted by Crippen LogP contribution is -2.16. The Morgan fingerprint density at radius 2 is 1.32 bits per heavy atom. The van der Waals surface area contributed by atoms with E-state index in [9.17, 15) is 0 Å². The van der Waals surface area contributed by atoms with Gasteiger partial charge in [0.15, 0.2) is 0 Å². The minimum Gasteiger partial charge on any atom is -0.398 e. The molecule has 4 rings (SSSR count). The highest BCUT2D eigenvalue weighted by Gasteiger charge is 2.17. The Hall–Kier alpha value is -3.22. The Labute approximate surface area is 167 Å². The van der Waals surface area contributed by atoms with E-state index in [-0.39, 0.29) is 0 Å². The van der Waals surface area contributed by atoms with Crippen LogP contribution < -0.4 is 11.5 Å². The summed E-state index contributed by atoms with van der Waals surface area (Å²) in [6.07, 6.45) is 0. The van der Waals surface area contributed by atoms with E-state index in [1.165, 1.54) is 0 Å². The van der Waals surface area contributed by atoms with Gasteiger partial charge in [-0.1, -0.05) is 80.2 Å². The van der Waals surface area contributed by atoms with Gasteiger partial charge < -0.3 is 11.5 Å². The monoisotopic (exact) mass is 380 g/mol. The first-order valence-corrected chi connectivity index (χ1v) is 13.0. The molecule has 0 saturated carbocycles. The van der Waals surface area contributed by atoms with Crippen molar-refractivity contribution in [2.24, 2.45) is 0 Å². The molecule has 0 amide bonds. The Morgan fingerprint density at radius 1 is 0.714 bits per heavy atom. The van der Waals surface area contributed by atoms with Gasteiger partial charge in [0.25, 0.3) is 0 Å². The molecule has 0 saturated heterocycles. The molecule has 0 atom stereocenters. The van der Waals surface area contributed by atoms with Crippen LogP contribution in [0.4, 0.5) is 11.4 Å². The lowest BCUT2D eigenvalue weighted by molar-refractivity contribution is 1.63. The average Bonchev–Trinajstić information content (AvgIpc) is 2.67. The molecule has 4 N–H and O–H groups in total. The Kier molecular flexibility index (Phi) is 4.37. The summed E-state index contributed by atoms with van der Waals surface area (Å²) in [4.78, 5) is 0. The molecule has 4 aromatic carbocycles. The lowest BCUT2D eigenvalue weighted by atomic mass is 9.89. The number of fused-ring (bicyclic) bond motifs is 2. The maximum Gasteiger partial charge on any atom is 0.129 e. The molecule has 2 nitrogen and oxygen atoms in total. The second kappa shape index (κ2) is 6.74. The zero-order valence-electron chi connectivity index (χ0n) is 16.5. The highest BCUT2D eigenvalue weighted by Crippen LogP contribution is 2.42. The van der Waals surface area contributed by atoms with E-state index in [1.807, 2.05) is 30.3 Å². The van der Waals surface area contributed by atoms with Crippen molar-refractivity contribution in [2.45, 2.75) is 19.6 Å². The number of benzene rings is 4. The molecular formula is C25H24N2Si. The van der Waals surface area contributed by atoms with Gasteiger partial charge in [-0.15, -0.1) is 5.54 Å². The average molecular weight is 381 g/mol. The fourth-order valence-electron chi connectivity index (χ4n) is 3.56. The summed E-state index contributed by atoms with van der Waals surface area (Å²) in [7, 11) is -1.52. The second-order valence-corrected chi connectivity index (χ2v) is 12.9. The van der Waals surface area contributed by atoms with Gasteiger partial charge in [0.05, 0.1) is 5.69 Å². The van der Waals surface area contributed by atoms with Gasteiger partial charge in [0, 0.05) is 22.4 Å². The van der Waals surface area contributed by atoms with Gasteiger partial charge in [-0.3, -0.25) is 0 Å². The van der Waals surface area contributed by atoms with Gasteiger partial charge in [-0.05, 0) is 33.7 Å². The van der Waals surface area contributed by atoms with Crippen LogP contribution in [-0.4, -0.2) is 8.07 Å².